The lowest BCUT2D eigenvalue weighted by Crippen LogP contribution is -2.52. The van der Waals surface area contributed by atoms with Crippen LogP contribution in [-0.2, 0) is 4.79 Å². The number of carbonyl (C=O) groups excluding carboxylic acids is 1. The first-order valence-corrected chi connectivity index (χ1v) is 5.69. The number of piperidine rings is 1. The smallest absolute Gasteiger partial charge is 0.219 e. The summed E-state index contributed by atoms with van der Waals surface area (Å²) in [7, 11) is 0. The van der Waals surface area contributed by atoms with Crippen LogP contribution in [-0.4, -0.2) is 29.9 Å². The van der Waals surface area contributed by atoms with Crippen molar-refractivity contribution in [2.24, 2.45) is 17.6 Å². The lowest BCUT2D eigenvalue weighted by Gasteiger charge is -2.43. The summed E-state index contributed by atoms with van der Waals surface area (Å²) in [6.45, 7) is 3.33. The molecule has 1 saturated heterocycles. The van der Waals surface area contributed by atoms with Gasteiger partial charge in [-0.2, -0.15) is 0 Å². The second-order valence-electron chi connectivity index (χ2n) is 4.77. The monoisotopic (exact) mass is 196 g/mol. The van der Waals surface area contributed by atoms with Gasteiger partial charge in [-0.1, -0.05) is 19.3 Å². The molecule has 0 radical (unpaired) electrons. The van der Waals surface area contributed by atoms with Gasteiger partial charge in [-0.15, -0.1) is 0 Å². The van der Waals surface area contributed by atoms with E-state index >= 15 is 0 Å². The van der Waals surface area contributed by atoms with Gasteiger partial charge in [0, 0.05) is 26.1 Å². The summed E-state index contributed by atoms with van der Waals surface area (Å²) in [6.07, 6.45) is 5.21. The van der Waals surface area contributed by atoms with Crippen molar-refractivity contribution in [2.45, 2.75) is 38.6 Å². The molecule has 3 nitrogen and oxygen atoms in total. The van der Waals surface area contributed by atoms with E-state index in [0.29, 0.717) is 5.92 Å². The standard InChI is InChI=1S/C11H20N2O/c1-8(14)13-6-5-10(11(12)7-13)9-3-2-4-9/h9-11H,2-7,12H2,1H3. The highest BCUT2D eigenvalue weighted by Crippen LogP contribution is 2.38. The van der Waals surface area contributed by atoms with E-state index in [0.717, 1.165) is 25.4 Å². The van der Waals surface area contributed by atoms with E-state index in [1.165, 1.54) is 19.3 Å². The van der Waals surface area contributed by atoms with Crippen molar-refractivity contribution in [1.82, 2.24) is 4.90 Å². The van der Waals surface area contributed by atoms with E-state index in [1.54, 1.807) is 6.92 Å². The minimum atomic E-state index is 0.174. The average molecular weight is 196 g/mol. The summed E-state index contributed by atoms with van der Waals surface area (Å²) >= 11 is 0. The Hall–Kier alpha value is -0.570. The largest absolute Gasteiger partial charge is 0.341 e. The van der Waals surface area contributed by atoms with E-state index in [4.69, 9.17) is 5.73 Å². The third kappa shape index (κ3) is 1.78. The van der Waals surface area contributed by atoms with Gasteiger partial charge in [0.2, 0.25) is 5.91 Å². The van der Waals surface area contributed by atoms with Crippen LogP contribution in [0.4, 0.5) is 0 Å². The summed E-state index contributed by atoms with van der Waals surface area (Å²) in [5.41, 5.74) is 6.12. The summed E-state index contributed by atoms with van der Waals surface area (Å²) in [5.74, 6) is 1.71. The zero-order valence-electron chi connectivity index (χ0n) is 8.91. The fourth-order valence-electron chi connectivity index (χ4n) is 2.74. The van der Waals surface area contributed by atoms with Crippen molar-refractivity contribution in [3.8, 4) is 0 Å². The van der Waals surface area contributed by atoms with Gasteiger partial charge >= 0.3 is 0 Å². The molecule has 2 aliphatic rings. The molecule has 2 N–H and O–H groups in total. The van der Waals surface area contributed by atoms with Gasteiger partial charge in [-0.05, 0) is 18.3 Å². The molecule has 3 heteroatoms. The first-order chi connectivity index (χ1) is 6.68. The summed E-state index contributed by atoms with van der Waals surface area (Å²) < 4.78 is 0. The highest BCUT2D eigenvalue weighted by Gasteiger charge is 2.35. The van der Waals surface area contributed by atoms with Gasteiger partial charge in [-0.25, -0.2) is 0 Å². The van der Waals surface area contributed by atoms with Crippen LogP contribution in [0.5, 0.6) is 0 Å². The van der Waals surface area contributed by atoms with Crippen molar-refractivity contribution in [3.05, 3.63) is 0 Å². The third-order valence-corrected chi connectivity index (χ3v) is 3.91. The molecule has 2 fully saturated rings. The van der Waals surface area contributed by atoms with Crippen molar-refractivity contribution >= 4 is 5.91 Å². The molecule has 1 heterocycles. The molecule has 2 rings (SSSR count). The number of amides is 1. The molecular formula is C11H20N2O. The maximum absolute atomic E-state index is 11.2. The van der Waals surface area contributed by atoms with Crippen LogP contribution in [0.3, 0.4) is 0 Å². The van der Waals surface area contributed by atoms with Crippen molar-refractivity contribution < 1.29 is 4.79 Å². The fraction of sp³-hybridized carbons (Fsp3) is 0.909. The summed E-state index contributed by atoms with van der Waals surface area (Å²) in [6, 6.07) is 0.220. The number of carbonyl (C=O) groups is 1. The lowest BCUT2D eigenvalue weighted by molar-refractivity contribution is -0.131. The summed E-state index contributed by atoms with van der Waals surface area (Å²) in [5, 5.41) is 0. The van der Waals surface area contributed by atoms with Crippen LogP contribution in [0.1, 0.15) is 32.6 Å². The lowest BCUT2D eigenvalue weighted by atomic mass is 9.70. The van der Waals surface area contributed by atoms with E-state index < -0.39 is 0 Å². The molecule has 0 spiro atoms. The molecule has 1 aliphatic carbocycles. The first kappa shape index (κ1) is 9.97. The van der Waals surface area contributed by atoms with Gasteiger partial charge < -0.3 is 10.6 Å². The van der Waals surface area contributed by atoms with Gasteiger partial charge in [0.05, 0.1) is 0 Å². The molecule has 2 atom stereocenters. The normalized spacial score (nSPS) is 34.0. The third-order valence-electron chi connectivity index (χ3n) is 3.91. The predicted octanol–water partition coefficient (Wildman–Crippen LogP) is 0.982. The minimum Gasteiger partial charge on any atom is -0.341 e. The zero-order chi connectivity index (χ0) is 10.1. The van der Waals surface area contributed by atoms with Gasteiger partial charge in [0.25, 0.3) is 0 Å². The Kier molecular flexibility index (Phi) is 2.77. The quantitative estimate of drug-likeness (QED) is 0.679. The van der Waals surface area contributed by atoms with Crippen LogP contribution in [0.25, 0.3) is 0 Å². The van der Waals surface area contributed by atoms with Crippen molar-refractivity contribution in [2.75, 3.05) is 13.1 Å². The molecule has 1 aliphatic heterocycles. The van der Waals surface area contributed by atoms with E-state index in [1.807, 2.05) is 4.90 Å². The molecule has 1 amide bonds. The van der Waals surface area contributed by atoms with Crippen molar-refractivity contribution in [1.29, 1.82) is 0 Å². The first-order valence-electron chi connectivity index (χ1n) is 5.69. The van der Waals surface area contributed by atoms with Gasteiger partial charge in [0.1, 0.15) is 0 Å². The highest BCUT2D eigenvalue weighted by atomic mass is 16.2. The van der Waals surface area contributed by atoms with E-state index in [9.17, 15) is 4.79 Å². The molecule has 1 saturated carbocycles. The number of nitrogens with two attached hydrogens (primary N) is 1. The molecular weight excluding hydrogens is 176 g/mol. The maximum Gasteiger partial charge on any atom is 0.219 e. The molecule has 0 aromatic rings. The fourth-order valence-corrected chi connectivity index (χ4v) is 2.74. The average Bonchev–Trinajstić information content (AvgIpc) is 2.04. The Morgan fingerprint density at radius 2 is 2.07 bits per heavy atom. The van der Waals surface area contributed by atoms with Crippen LogP contribution < -0.4 is 5.73 Å². The topological polar surface area (TPSA) is 46.3 Å². The Labute approximate surface area is 85.6 Å². The number of hydrogen-bond donors (Lipinski definition) is 1. The number of rotatable bonds is 1. The van der Waals surface area contributed by atoms with Crippen LogP contribution >= 0.6 is 0 Å². The number of nitrogens with zero attached hydrogens (tertiary/aromatic N) is 1. The minimum absolute atomic E-state index is 0.174. The molecule has 0 aromatic carbocycles. The maximum atomic E-state index is 11.2. The van der Waals surface area contributed by atoms with Crippen LogP contribution in [0.15, 0.2) is 0 Å². The number of likely N-dealkylation sites (tertiary alicyclic amines) is 1. The van der Waals surface area contributed by atoms with Gasteiger partial charge in [-0.3, -0.25) is 4.79 Å². The zero-order valence-corrected chi connectivity index (χ0v) is 8.91. The second kappa shape index (κ2) is 3.89. The molecule has 14 heavy (non-hydrogen) atoms. The number of hydrogen-bond acceptors (Lipinski definition) is 2. The predicted molar refractivity (Wildman–Crippen MR) is 55.7 cm³/mol. The highest BCUT2D eigenvalue weighted by molar-refractivity contribution is 5.73. The Balaban J connectivity index is 1.89. The van der Waals surface area contributed by atoms with Crippen LogP contribution in [0.2, 0.25) is 0 Å². The summed E-state index contributed by atoms with van der Waals surface area (Å²) in [4.78, 5) is 13.1. The van der Waals surface area contributed by atoms with Gasteiger partial charge in [0.15, 0.2) is 0 Å². The second-order valence-corrected chi connectivity index (χ2v) is 4.77. The Morgan fingerprint density at radius 3 is 2.50 bits per heavy atom. The Morgan fingerprint density at radius 1 is 1.36 bits per heavy atom. The van der Waals surface area contributed by atoms with E-state index in [2.05, 4.69) is 0 Å². The molecule has 2 unspecified atom stereocenters. The van der Waals surface area contributed by atoms with Crippen LogP contribution in [0, 0.1) is 11.8 Å². The molecule has 0 aromatic heterocycles. The molecule has 80 valence electrons. The van der Waals surface area contributed by atoms with E-state index in [-0.39, 0.29) is 11.9 Å². The SMILES string of the molecule is CC(=O)N1CCC(C2CCC2)C(N)C1. The molecule has 0 bridgehead atoms. The Bertz CT molecular complexity index is 225. The van der Waals surface area contributed by atoms with Crippen molar-refractivity contribution in [3.63, 3.8) is 0 Å².